The summed E-state index contributed by atoms with van der Waals surface area (Å²) in [5.74, 6) is -0.264. The maximum atomic E-state index is 11.6. The summed E-state index contributed by atoms with van der Waals surface area (Å²) in [6.45, 7) is 13.3. The second-order valence-corrected chi connectivity index (χ2v) is 6.67. The van der Waals surface area contributed by atoms with E-state index in [2.05, 4.69) is 45.0 Å². The van der Waals surface area contributed by atoms with Gasteiger partial charge in [0, 0.05) is 13.1 Å². The van der Waals surface area contributed by atoms with Gasteiger partial charge >= 0.3 is 0 Å². The summed E-state index contributed by atoms with van der Waals surface area (Å²) in [5.41, 5.74) is 5.18. The smallest absolute Gasteiger partial charge is 0.237 e. The molecule has 0 saturated carbocycles. The zero-order valence-corrected chi connectivity index (χ0v) is 13.0. The van der Waals surface area contributed by atoms with Crippen LogP contribution >= 0.6 is 0 Å². The van der Waals surface area contributed by atoms with Gasteiger partial charge in [0.2, 0.25) is 5.91 Å². The van der Waals surface area contributed by atoms with E-state index >= 15 is 0 Å². The number of carbonyl (C=O) groups excluding carboxylic acids is 1. The lowest BCUT2D eigenvalue weighted by molar-refractivity contribution is -0.124. The van der Waals surface area contributed by atoms with Crippen molar-refractivity contribution in [2.75, 3.05) is 26.7 Å². The Hall–Kier alpha value is -0.610. The van der Waals surface area contributed by atoms with Crippen LogP contribution < -0.4 is 11.1 Å². The molecule has 0 fully saturated rings. The molecule has 0 aliphatic heterocycles. The van der Waals surface area contributed by atoms with Gasteiger partial charge < -0.3 is 16.0 Å². The second kappa shape index (κ2) is 7.10. The lowest BCUT2D eigenvalue weighted by Crippen LogP contribution is -2.54. The summed E-state index contributed by atoms with van der Waals surface area (Å²) in [6, 6.07) is 0. The summed E-state index contributed by atoms with van der Waals surface area (Å²) in [5, 5.41) is 3.26. The van der Waals surface area contributed by atoms with Gasteiger partial charge in [0.1, 0.15) is 0 Å². The first-order valence-corrected chi connectivity index (χ1v) is 6.84. The molecule has 108 valence electrons. The molecule has 0 aliphatic rings. The van der Waals surface area contributed by atoms with Gasteiger partial charge in [-0.05, 0) is 38.8 Å². The van der Waals surface area contributed by atoms with E-state index in [1.165, 1.54) is 0 Å². The molecular formula is C14H31N3O. The van der Waals surface area contributed by atoms with Crippen LogP contribution in [0.4, 0.5) is 0 Å². The van der Waals surface area contributed by atoms with Gasteiger partial charge in [-0.3, -0.25) is 4.79 Å². The lowest BCUT2D eigenvalue weighted by atomic mass is 9.94. The molecule has 0 aromatic heterocycles. The van der Waals surface area contributed by atoms with Crippen molar-refractivity contribution in [3.05, 3.63) is 0 Å². The average Bonchev–Trinajstić information content (AvgIpc) is 2.21. The van der Waals surface area contributed by atoms with Gasteiger partial charge in [-0.2, -0.15) is 0 Å². The Morgan fingerprint density at radius 3 is 2.22 bits per heavy atom. The van der Waals surface area contributed by atoms with E-state index in [0.717, 1.165) is 32.5 Å². The largest absolute Gasteiger partial charge is 0.368 e. The lowest BCUT2D eigenvalue weighted by Gasteiger charge is -2.32. The van der Waals surface area contributed by atoms with Crippen LogP contribution in [0.1, 0.15) is 47.5 Å². The monoisotopic (exact) mass is 257 g/mol. The molecule has 0 aromatic rings. The first-order chi connectivity index (χ1) is 8.10. The Balaban J connectivity index is 4.31. The Bertz CT molecular complexity index is 260. The zero-order chi connectivity index (χ0) is 14.4. The van der Waals surface area contributed by atoms with Gasteiger partial charge in [0.05, 0.1) is 5.54 Å². The Morgan fingerprint density at radius 2 is 1.83 bits per heavy atom. The van der Waals surface area contributed by atoms with Crippen molar-refractivity contribution >= 4 is 5.91 Å². The third-order valence-corrected chi connectivity index (χ3v) is 3.05. The molecule has 0 aromatic carbocycles. The van der Waals surface area contributed by atoms with Crippen LogP contribution in [0.25, 0.3) is 0 Å². The van der Waals surface area contributed by atoms with Crippen molar-refractivity contribution in [3.8, 4) is 0 Å². The molecule has 0 aliphatic carbocycles. The standard InChI is InChI=1S/C14H31N3O/c1-7-9-16-14(5,12(15)18)8-10-17(6)11-13(2,3)4/h16H,7-11H2,1-6H3,(H2,15,18). The molecule has 3 N–H and O–H groups in total. The predicted molar refractivity (Wildman–Crippen MR) is 77.5 cm³/mol. The highest BCUT2D eigenvalue weighted by molar-refractivity contribution is 5.84. The molecule has 0 bridgehead atoms. The molecular weight excluding hydrogens is 226 g/mol. The minimum absolute atomic E-state index is 0.264. The molecule has 4 heteroatoms. The van der Waals surface area contributed by atoms with E-state index in [1.807, 2.05) is 6.92 Å². The molecule has 18 heavy (non-hydrogen) atoms. The van der Waals surface area contributed by atoms with Crippen LogP contribution in [-0.4, -0.2) is 43.0 Å². The fraction of sp³-hybridized carbons (Fsp3) is 0.929. The number of hydrogen-bond donors (Lipinski definition) is 2. The van der Waals surface area contributed by atoms with E-state index in [-0.39, 0.29) is 11.3 Å². The first kappa shape index (κ1) is 17.4. The average molecular weight is 257 g/mol. The van der Waals surface area contributed by atoms with Crippen molar-refractivity contribution in [1.82, 2.24) is 10.2 Å². The highest BCUT2D eigenvalue weighted by atomic mass is 16.1. The number of nitrogens with two attached hydrogens (primary N) is 1. The van der Waals surface area contributed by atoms with Crippen LogP contribution in [0.15, 0.2) is 0 Å². The van der Waals surface area contributed by atoms with Crippen LogP contribution in [0, 0.1) is 5.41 Å². The summed E-state index contributed by atoms with van der Waals surface area (Å²) in [4.78, 5) is 13.8. The van der Waals surface area contributed by atoms with Crippen molar-refractivity contribution < 1.29 is 4.79 Å². The SMILES string of the molecule is CCCNC(C)(CCN(C)CC(C)(C)C)C(N)=O. The second-order valence-electron chi connectivity index (χ2n) is 6.67. The number of nitrogens with one attached hydrogen (secondary N) is 1. The van der Waals surface area contributed by atoms with Crippen molar-refractivity contribution in [2.45, 2.75) is 53.0 Å². The molecule has 1 amide bonds. The third-order valence-electron chi connectivity index (χ3n) is 3.05. The van der Waals surface area contributed by atoms with E-state index in [0.29, 0.717) is 0 Å². The molecule has 0 saturated heterocycles. The van der Waals surface area contributed by atoms with Gasteiger partial charge in [-0.25, -0.2) is 0 Å². The summed E-state index contributed by atoms with van der Waals surface area (Å²) >= 11 is 0. The zero-order valence-electron chi connectivity index (χ0n) is 13.0. The molecule has 0 heterocycles. The van der Waals surface area contributed by atoms with Gasteiger partial charge in [-0.15, -0.1) is 0 Å². The number of nitrogens with zero attached hydrogens (tertiary/aromatic N) is 1. The van der Waals surface area contributed by atoms with Crippen molar-refractivity contribution in [3.63, 3.8) is 0 Å². The molecule has 4 nitrogen and oxygen atoms in total. The van der Waals surface area contributed by atoms with Gasteiger partial charge in [0.25, 0.3) is 0 Å². The highest BCUT2D eigenvalue weighted by Crippen LogP contribution is 2.16. The molecule has 0 radical (unpaired) electrons. The first-order valence-electron chi connectivity index (χ1n) is 6.84. The van der Waals surface area contributed by atoms with Crippen LogP contribution in [0.3, 0.4) is 0 Å². The predicted octanol–water partition coefficient (Wildman–Crippen LogP) is 1.60. The molecule has 0 rings (SSSR count). The van der Waals surface area contributed by atoms with Crippen LogP contribution in [0.5, 0.6) is 0 Å². The Labute approximate surface area is 112 Å². The summed E-state index contributed by atoms with van der Waals surface area (Å²) < 4.78 is 0. The van der Waals surface area contributed by atoms with E-state index in [4.69, 9.17) is 5.73 Å². The highest BCUT2D eigenvalue weighted by Gasteiger charge is 2.30. The van der Waals surface area contributed by atoms with Crippen LogP contribution in [-0.2, 0) is 4.79 Å². The minimum Gasteiger partial charge on any atom is -0.368 e. The Kier molecular flexibility index (Phi) is 6.86. The van der Waals surface area contributed by atoms with Crippen molar-refractivity contribution in [1.29, 1.82) is 0 Å². The normalized spacial score (nSPS) is 15.7. The quantitative estimate of drug-likeness (QED) is 0.694. The number of amides is 1. The maximum Gasteiger partial charge on any atom is 0.237 e. The molecule has 1 unspecified atom stereocenters. The summed E-state index contributed by atoms with van der Waals surface area (Å²) in [6.07, 6.45) is 1.75. The van der Waals surface area contributed by atoms with Gasteiger partial charge in [-0.1, -0.05) is 27.7 Å². The van der Waals surface area contributed by atoms with E-state index in [1.54, 1.807) is 0 Å². The van der Waals surface area contributed by atoms with E-state index in [9.17, 15) is 4.79 Å². The number of hydrogen-bond acceptors (Lipinski definition) is 3. The summed E-state index contributed by atoms with van der Waals surface area (Å²) in [7, 11) is 2.09. The number of primary amides is 1. The van der Waals surface area contributed by atoms with Gasteiger partial charge in [0.15, 0.2) is 0 Å². The Morgan fingerprint density at radius 1 is 1.28 bits per heavy atom. The molecule has 1 atom stereocenters. The van der Waals surface area contributed by atoms with E-state index < -0.39 is 5.54 Å². The third kappa shape index (κ3) is 6.97. The maximum absolute atomic E-state index is 11.6. The van der Waals surface area contributed by atoms with Crippen molar-refractivity contribution in [2.24, 2.45) is 11.1 Å². The number of rotatable bonds is 8. The topological polar surface area (TPSA) is 58.4 Å². The minimum atomic E-state index is -0.595. The van der Waals surface area contributed by atoms with Crippen LogP contribution in [0.2, 0.25) is 0 Å². The number of carbonyl (C=O) groups is 1. The fourth-order valence-corrected chi connectivity index (χ4v) is 2.00. The fourth-order valence-electron chi connectivity index (χ4n) is 2.00. The molecule has 0 spiro atoms.